The smallest absolute Gasteiger partial charge is 0.263 e. The lowest BCUT2D eigenvalue weighted by molar-refractivity contribution is -0.115. The molecule has 3 rings (SSSR count). The van der Waals surface area contributed by atoms with E-state index in [-0.39, 0.29) is 28.1 Å². The van der Waals surface area contributed by atoms with E-state index in [0.29, 0.717) is 11.4 Å². The second-order valence-electron chi connectivity index (χ2n) is 5.79. The average Bonchev–Trinajstić information content (AvgIpc) is 3.04. The second-order valence-corrected chi connectivity index (χ2v) is 8.33. The monoisotopic (exact) mass is 403 g/mol. The Hall–Kier alpha value is -2.91. The van der Waals surface area contributed by atoms with E-state index in [0.717, 1.165) is 16.9 Å². The molecule has 0 aliphatic carbocycles. The van der Waals surface area contributed by atoms with E-state index in [9.17, 15) is 18.3 Å². The van der Waals surface area contributed by atoms with Crippen LogP contribution in [0, 0.1) is 6.92 Å². The summed E-state index contributed by atoms with van der Waals surface area (Å²) >= 11 is 1.11. The van der Waals surface area contributed by atoms with Gasteiger partial charge in [-0.25, -0.2) is 13.4 Å². The van der Waals surface area contributed by atoms with Crippen LogP contribution in [0.1, 0.15) is 11.3 Å². The summed E-state index contributed by atoms with van der Waals surface area (Å²) in [5.41, 5.74) is 1.79. The molecule has 0 spiro atoms. The number of carbonyl (C=O) groups excluding carboxylic acids is 1. The highest BCUT2D eigenvalue weighted by Crippen LogP contribution is 2.22. The third-order valence-electron chi connectivity index (χ3n) is 3.65. The summed E-state index contributed by atoms with van der Waals surface area (Å²) < 4.78 is 27.0. The molecule has 1 aromatic heterocycles. The topological polar surface area (TPSA) is 108 Å². The van der Waals surface area contributed by atoms with Gasteiger partial charge in [-0.3, -0.25) is 9.52 Å². The molecule has 7 nitrogen and oxygen atoms in total. The predicted molar refractivity (Wildman–Crippen MR) is 105 cm³/mol. The number of carbonyl (C=O) groups is 1. The molecule has 0 unspecified atom stereocenters. The number of phenols is 1. The van der Waals surface area contributed by atoms with Crippen LogP contribution in [0.5, 0.6) is 5.75 Å². The molecule has 9 heteroatoms. The summed E-state index contributed by atoms with van der Waals surface area (Å²) in [4.78, 5) is 16.5. The minimum Gasteiger partial charge on any atom is -0.508 e. The standard InChI is InChI=1S/C18H17N3O4S2/c1-12-9-14(22)7-8-16(12)20-17(23)10-13-11-26-18(19-13)21-27(24,25)15-5-3-2-4-6-15/h2-9,11,22H,10H2,1H3,(H,19,21)(H,20,23). The summed E-state index contributed by atoms with van der Waals surface area (Å²) in [6, 6.07) is 12.6. The average molecular weight is 403 g/mol. The zero-order valence-electron chi connectivity index (χ0n) is 14.3. The van der Waals surface area contributed by atoms with Crippen LogP contribution in [-0.2, 0) is 21.2 Å². The van der Waals surface area contributed by atoms with Gasteiger partial charge in [0.05, 0.1) is 17.0 Å². The molecule has 27 heavy (non-hydrogen) atoms. The molecular formula is C18H17N3O4S2. The van der Waals surface area contributed by atoms with Gasteiger partial charge in [0.15, 0.2) is 5.13 Å². The number of aryl methyl sites for hydroxylation is 1. The van der Waals surface area contributed by atoms with Crippen molar-refractivity contribution < 1.29 is 18.3 Å². The SMILES string of the molecule is Cc1cc(O)ccc1NC(=O)Cc1csc(NS(=O)(=O)c2ccccc2)n1. The van der Waals surface area contributed by atoms with Crippen molar-refractivity contribution in [3.05, 3.63) is 65.2 Å². The number of thiazole rings is 1. The number of nitrogens with one attached hydrogen (secondary N) is 2. The summed E-state index contributed by atoms with van der Waals surface area (Å²) in [5.74, 6) is -0.160. The fraction of sp³-hybridized carbons (Fsp3) is 0.111. The zero-order valence-corrected chi connectivity index (χ0v) is 16.0. The number of benzene rings is 2. The summed E-state index contributed by atoms with van der Waals surface area (Å²) in [6.45, 7) is 1.77. The molecule has 0 aliphatic rings. The first-order valence-corrected chi connectivity index (χ1v) is 10.3. The molecule has 0 saturated heterocycles. The minimum atomic E-state index is -3.71. The van der Waals surface area contributed by atoms with Gasteiger partial charge < -0.3 is 10.4 Å². The van der Waals surface area contributed by atoms with Crippen molar-refractivity contribution in [3.63, 3.8) is 0 Å². The fourth-order valence-corrected chi connectivity index (χ4v) is 4.34. The third-order valence-corrected chi connectivity index (χ3v) is 5.94. The fourth-order valence-electron chi connectivity index (χ4n) is 2.36. The molecule has 1 amide bonds. The lowest BCUT2D eigenvalue weighted by Gasteiger charge is -2.08. The maximum absolute atomic E-state index is 12.3. The summed E-state index contributed by atoms with van der Waals surface area (Å²) in [7, 11) is -3.71. The van der Waals surface area contributed by atoms with Crippen molar-refractivity contribution in [2.45, 2.75) is 18.2 Å². The predicted octanol–water partition coefficient (Wildman–Crippen LogP) is 3.14. The lowest BCUT2D eigenvalue weighted by Crippen LogP contribution is -2.16. The zero-order chi connectivity index (χ0) is 19.4. The highest BCUT2D eigenvalue weighted by atomic mass is 32.2. The van der Waals surface area contributed by atoms with Gasteiger partial charge >= 0.3 is 0 Å². The highest BCUT2D eigenvalue weighted by molar-refractivity contribution is 7.93. The van der Waals surface area contributed by atoms with E-state index in [1.165, 1.54) is 18.2 Å². The third kappa shape index (κ3) is 4.83. The van der Waals surface area contributed by atoms with E-state index in [2.05, 4.69) is 15.0 Å². The van der Waals surface area contributed by atoms with Crippen LogP contribution in [-0.4, -0.2) is 24.4 Å². The molecule has 0 bridgehead atoms. The maximum Gasteiger partial charge on any atom is 0.263 e. The van der Waals surface area contributed by atoms with Crippen LogP contribution in [0.25, 0.3) is 0 Å². The number of nitrogens with zero attached hydrogens (tertiary/aromatic N) is 1. The van der Waals surface area contributed by atoms with Gasteiger partial charge in [0.2, 0.25) is 5.91 Å². The van der Waals surface area contributed by atoms with E-state index in [1.807, 2.05) is 0 Å². The Morgan fingerprint density at radius 2 is 1.93 bits per heavy atom. The van der Waals surface area contributed by atoms with Crippen LogP contribution in [0.3, 0.4) is 0 Å². The number of phenolic OH excluding ortho intramolecular Hbond substituents is 1. The van der Waals surface area contributed by atoms with Gasteiger partial charge in [0.25, 0.3) is 10.0 Å². The maximum atomic E-state index is 12.3. The van der Waals surface area contributed by atoms with Crippen LogP contribution in [0.2, 0.25) is 0 Å². The Bertz CT molecular complexity index is 1060. The van der Waals surface area contributed by atoms with Gasteiger partial charge in [0, 0.05) is 11.1 Å². The lowest BCUT2D eigenvalue weighted by atomic mass is 10.2. The molecule has 0 atom stereocenters. The Morgan fingerprint density at radius 1 is 1.19 bits per heavy atom. The molecule has 140 valence electrons. The van der Waals surface area contributed by atoms with Crippen molar-refractivity contribution in [1.29, 1.82) is 0 Å². The first-order valence-electron chi connectivity index (χ1n) is 7.95. The van der Waals surface area contributed by atoms with E-state index < -0.39 is 10.0 Å². The van der Waals surface area contributed by atoms with Gasteiger partial charge in [-0.2, -0.15) is 0 Å². The molecule has 0 saturated carbocycles. The van der Waals surface area contributed by atoms with Crippen molar-refractivity contribution in [2.75, 3.05) is 10.0 Å². The molecule has 3 aromatic rings. The first kappa shape index (κ1) is 18.9. The molecular weight excluding hydrogens is 386 g/mol. The van der Waals surface area contributed by atoms with E-state index >= 15 is 0 Å². The van der Waals surface area contributed by atoms with E-state index in [4.69, 9.17) is 0 Å². The molecule has 1 heterocycles. The Kier molecular flexibility index (Phi) is 5.43. The Balaban J connectivity index is 1.65. The van der Waals surface area contributed by atoms with Crippen molar-refractivity contribution in [2.24, 2.45) is 0 Å². The van der Waals surface area contributed by atoms with Gasteiger partial charge in [0.1, 0.15) is 5.75 Å². The van der Waals surface area contributed by atoms with Gasteiger partial charge in [-0.05, 0) is 42.8 Å². The quantitative estimate of drug-likeness (QED) is 0.548. The molecule has 0 radical (unpaired) electrons. The van der Waals surface area contributed by atoms with Crippen LogP contribution >= 0.6 is 11.3 Å². The van der Waals surface area contributed by atoms with E-state index in [1.54, 1.807) is 42.6 Å². The van der Waals surface area contributed by atoms with Crippen molar-refractivity contribution in [1.82, 2.24) is 4.98 Å². The normalized spacial score (nSPS) is 11.1. The number of amides is 1. The Morgan fingerprint density at radius 3 is 2.63 bits per heavy atom. The molecule has 0 fully saturated rings. The number of hydrogen-bond donors (Lipinski definition) is 3. The van der Waals surface area contributed by atoms with Crippen LogP contribution in [0.4, 0.5) is 10.8 Å². The molecule has 0 aliphatic heterocycles. The summed E-state index contributed by atoms with van der Waals surface area (Å²) in [6.07, 6.45) is 0.00385. The van der Waals surface area contributed by atoms with Gasteiger partial charge in [-0.15, -0.1) is 11.3 Å². The molecule has 3 N–H and O–H groups in total. The largest absolute Gasteiger partial charge is 0.508 e. The number of aromatic nitrogens is 1. The van der Waals surface area contributed by atoms with Crippen LogP contribution < -0.4 is 10.0 Å². The van der Waals surface area contributed by atoms with Crippen LogP contribution in [0.15, 0.2) is 58.8 Å². The number of sulfonamides is 1. The molecule has 2 aromatic carbocycles. The van der Waals surface area contributed by atoms with Crippen molar-refractivity contribution >= 4 is 38.1 Å². The number of rotatable bonds is 6. The highest BCUT2D eigenvalue weighted by Gasteiger charge is 2.16. The second kappa shape index (κ2) is 7.77. The van der Waals surface area contributed by atoms with Crippen molar-refractivity contribution in [3.8, 4) is 5.75 Å². The first-order chi connectivity index (χ1) is 12.8. The van der Waals surface area contributed by atoms with Gasteiger partial charge in [-0.1, -0.05) is 18.2 Å². The summed E-state index contributed by atoms with van der Waals surface area (Å²) in [5, 5.41) is 14.0. The number of anilines is 2. The Labute approximate surface area is 160 Å². The number of aromatic hydroxyl groups is 1. The minimum absolute atomic E-state index is 0.00385. The number of hydrogen-bond acceptors (Lipinski definition) is 6.